The van der Waals surface area contributed by atoms with Gasteiger partial charge in [-0.15, -0.1) is 0 Å². The van der Waals surface area contributed by atoms with Gasteiger partial charge in [0.15, 0.2) is 0 Å². The van der Waals surface area contributed by atoms with Crippen LogP contribution < -0.4 is 16.2 Å². The third-order valence-electron chi connectivity index (χ3n) is 3.47. The molecule has 0 spiro atoms. The van der Waals surface area contributed by atoms with E-state index in [1.165, 1.54) is 12.5 Å². The smallest absolute Gasteiger partial charge is 0.273 e. The third-order valence-corrected chi connectivity index (χ3v) is 3.47. The van der Waals surface area contributed by atoms with Gasteiger partial charge in [0.25, 0.3) is 5.69 Å². The molecule has 0 radical (unpaired) electrons. The molecule has 7 heteroatoms. The molecule has 0 saturated carbocycles. The minimum atomic E-state index is -0.421. The fourth-order valence-electron chi connectivity index (χ4n) is 2.37. The van der Waals surface area contributed by atoms with Crippen LogP contribution in [0.3, 0.4) is 0 Å². The predicted molar refractivity (Wildman–Crippen MR) is 77.8 cm³/mol. The number of anilines is 2. The van der Waals surface area contributed by atoms with E-state index in [-0.39, 0.29) is 11.8 Å². The zero-order chi connectivity index (χ0) is 14.5. The summed E-state index contributed by atoms with van der Waals surface area (Å²) in [6, 6.07) is 4.74. The van der Waals surface area contributed by atoms with Crippen molar-refractivity contribution in [2.45, 2.75) is 25.4 Å². The average Bonchev–Trinajstić information content (AvgIpc) is 2.47. The fraction of sp³-hybridized carbons (Fsp3) is 0.538. The maximum Gasteiger partial charge on any atom is 0.273 e. The van der Waals surface area contributed by atoms with E-state index >= 15 is 0 Å². The Hall–Kier alpha value is -1.86. The number of hydrogen-bond acceptors (Lipinski definition) is 6. The Morgan fingerprint density at radius 1 is 1.50 bits per heavy atom. The summed E-state index contributed by atoms with van der Waals surface area (Å²) in [6.07, 6.45) is 3.49. The first-order chi connectivity index (χ1) is 9.60. The molecule has 20 heavy (non-hydrogen) atoms. The van der Waals surface area contributed by atoms with Crippen molar-refractivity contribution in [1.82, 2.24) is 0 Å². The Balaban J connectivity index is 2.13. The van der Waals surface area contributed by atoms with E-state index in [2.05, 4.69) is 5.43 Å². The largest absolute Gasteiger partial charge is 0.376 e. The lowest BCUT2D eigenvalue weighted by molar-refractivity contribution is -0.384. The Kier molecular flexibility index (Phi) is 4.75. The van der Waals surface area contributed by atoms with Crippen LogP contribution in [0.2, 0.25) is 0 Å². The van der Waals surface area contributed by atoms with Gasteiger partial charge in [-0.1, -0.05) is 0 Å². The number of nitro groups is 1. The summed E-state index contributed by atoms with van der Waals surface area (Å²) < 4.78 is 5.69. The molecule has 1 aliphatic heterocycles. The lowest BCUT2D eigenvalue weighted by atomic mass is 10.1. The second-order valence-electron chi connectivity index (χ2n) is 5.01. The van der Waals surface area contributed by atoms with Crippen molar-refractivity contribution in [2.75, 3.05) is 30.5 Å². The number of nitrogens with one attached hydrogen (secondary N) is 1. The summed E-state index contributed by atoms with van der Waals surface area (Å²) in [4.78, 5) is 12.5. The number of nitrogen functional groups attached to an aromatic ring is 1. The van der Waals surface area contributed by atoms with Crippen molar-refractivity contribution in [3.8, 4) is 0 Å². The number of rotatable bonds is 5. The number of nitrogens with two attached hydrogens (primary N) is 1. The van der Waals surface area contributed by atoms with Gasteiger partial charge >= 0.3 is 0 Å². The highest BCUT2D eigenvalue weighted by molar-refractivity contribution is 5.64. The van der Waals surface area contributed by atoms with E-state index in [9.17, 15) is 10.1 Å². The van der Waals surface area contributed by atoms with Gasteiger partial charge in [-0.2, -0.15) is 0 Å². The van der Waals surface area contributed by atoms with Gasteiger partial charge in [-0.3, -0.25) is 16.0 Å². The maximum atomic E-state index is 10.9. The highest BCUT2D eigenvalue weighted by Crippen LogP contribution is 2.27. The van der Waals surface area contributed by atoms with Gasteiger partial charge in [-0.05, 0) is 25.3 Å². The van der Waals surface area contributed by atoms with Crippen molar-refractivity contribution in [3.05, 3.63) is 28.3 Å². The predicted octanol–water partition coefficient (Wildman–Crippen LogP) is 1.89. The molecule has 0 amide bonds. The summed E-state index contributed by atoms with van der Waals surface area (Å²) in [5.41, 5.74) is 3.75. The van der Waals surface area contributed by atoms with Gasteiger partial charge in [0.1, 0.15) is 0 Å². The Morgan fingerprint density at radius 2 is 2.30 bits per heavy atom. The topological polar surface area (TPSA) is 93.7 Å². The van der Waals surface area contributed by atoms with Gasteiger partial charge < -0.3 is 15.1 Å². The Bertz CT molecular complexity index is 475. The number of nitro benzene ring substituents is 1. The normalized spacial score (nSPS) is 18.6. The fourth-order valence-corrected chi connectivity index (χ4v) is 2.37. The zero-order valence-electron chi connectivity index (χ0n) is 11.5. The quantitative estimate of drug-likeness (QED) is 0.486. The van der Waals surface area contributed by atoms with E-state index in [0.29, 0.717) is 12.2 Å². The van der Waals surface area contributed by atoms with E-state index in [0.717, 1.165) is 25.1 Å². The van der Waals surface area contributed by atoms with Crippen LogP contribution in [0, 0.1) is 10.1 Å². The van der Waals surface area contributed by atoms with Crippen LogP contribution >= 0.6 is 0 Å². The van der Waals surface area contributed by atoms with Gasteiger partial charge in [0.05, 0.1) is 16.7 Å². The number of hydrazine groups is 1. The molecule has 0 bridgehead atoms. The molecule has 1 heterocycles. The summed E-state index contributed by atoms with van der Waals surface area (Å²) in [5.74, 6) is 5.36. The molecule has 7 nitrogen and oxygen atoms in total. The number of likely N-dealkylation sites (N-methyl/N-ethyl adjacent to an activating group) is 1. The molecule has 1 unspecified atom stereocenters. The van der Waals surface area contributed by atoms with Crippen LogP contribution in [0.5, 0.6) is 0 Å². The summed E-state index contributed by atoms with van der Waals surface area (Å²) in [6.45, 7) is 1.51. The lowest BCUT2D eigenvalue weighted by Crippen LogP contribution is -2.33. The monoisotopic (exact) mass is 280 g/mol. The van der Waals surface area contributed by atoms with Crippen molar-refractivity contribution in [3.63, 3.8) is 0 Å². The second-order valence-corrected chi connectivity index (χ2v) is 5.01. The van der Waals surface area contributed by atoms with Gasteiger partial charge in [-0.25, -0.2) is 0 Å². The third kappa shape index (κ3) is 3.58. The van der Waals surface area contributed by atoms with Crippen LogP contribution in [-0.4, -0.2) is 31.2 Å². The molecule has 1 aliphatic rings. The summed E-state index contributed by atoms with van der Waals surface area (Å²) >= 11 is 0. The van der Waals surface area contributed by atoms with Gasteiger partial charge in [0, 0.05) is 38.0 Å². The van der Waals surface area contributed by atoms with E-state index < -0.39 is 4.92 Å². The number of non-ortho nitro benzene ring substituents is 1. The molecule has 0 aromatic heterocycles. The second kappa shape index (κ2) is 6.53. The van der Waals surface area contributed by atoms with Crippen LogP contribution in [0.15, 0.2) is 18.2 Å². The first-order valence-corrected chi connectivity index (χ1v) is 6.69. The highest BCUT2D eigenvalue weighted by Gasteiger charge is 2.18. The summed E-state index contributed by atoms with van der Waals surface area (Å²) in [5, 5.41) is 10.9. The van der Waals surface area contributed by atoms with Crippen molar-refractivity contribution in [1.29, 1.82) is 0 Å². The molecule has 1 saturated heterocycles. The standard InChI is InChI=1S/C13H20N4O3/c1-16(9-13-4-2-3-5-20-13)11-6-10(15-14)7-12(8-11)17(18)19/h6-8,13,15H,2-5,9,14H2,1H3. The molecule has 3 N–H and O–H groups in total. The molecule has 0 aliphatic carbocycles. The number of ether oxygens (including phenoxy) is 1. The van der Waals surface area contributed by atoms with Crippen LogP contribution in [0.4, 0.5) is 17.1 Å². The first-order valence-electron chi connectivity index (χ1n) is 6.69. The molecular weight excluding hydrogens is 260 g/mol. The Labute approximate surface area is 117 Å². The summed E-state index contributed by atoms with van der Waals surface area (Å²) in [7, 11) is 1.90. The first kappa shape index (κ1) is 14.5. The molecule has 2 rings (SSSR count). The molecular formula is C13H20N4O3. The van der Waals surface area contributed by atoms with Crippen LogP contribution in [-0.2, 0) is 4.74 Å². The average molecular weight is 280 g/mol. The molecule has 1 aromatic rings. The molecule has 1 fully saturated rings. The molecule has 1 atom stereocenters. The SMILES string of the molecule is CN(CC1CCCCO1)c1cc(NN)cc([N+](=O)[O-])c1. The number of nitrogens with zero attached hydrogens (tertiary/aromatic N) is 2. The maximum absolute atomic E-state index is 10.9. The van der Waals surface area contributed by atoms with E-state index in [4.69, 9.17) is 10.6 Å². The van der Waals surface area contributed by atoms with Crippen LogP contribution in [0.1, 0.15) is 19.3 Å². The Morgan fingerprint density at radius 3 is 2.90 bits per heavy atom. The number of hydrogen-bond donors (Lipinski definition) is 2. The van der Waals surface area contributed by atoms with Gasteiger partial charge in [0.2, 0.25) is 0 Å². The minimum absolute atomic E-state index is 0.0202. The lowest BCUT2D eigenvalue weighted by Gasteiger charge is -2.28. The zero-order valence-corrected chi connectivity index (χ0v) is 11.5. The van der Waals surface area contributed by atoms with Crippen molar-refractivity contribution >= 4 is 17.1 Å². The molecule has 1 aromatic carbocycles. The number of benzene rings is 1. The minimum Gasteiger partial charge on any atom is -0.376 e. The van der Waals surface area contributed by atoms with Crippen molar-refractivity contribution in [2.24, 2.45) is 5.84 Å². The van der Waals surface area contributed by atoms with E-state index in [1.54, 1.807) is 12.1 Å². The highest BCUT2D eigenvalue weighted by atomic mass is 16.6. The van der Waals surface area contributed by atoms with E-state index in [1.807, 2.05) is 11.9 Å². The van der Waals surface area contributed by atoms with Crippen LogP contribution in [0.25, 0.3) is 0 Å². The van der Waals surface area contributed by atoms with Crippen molar-refractivity contribution < 1.29 is 9.66 Å². The molecule has 110 valence electrons.